The standard InChI is InChI=1S/C22H21N3O4/c1-28-19-10-17(11-20(12-19)29-2)21(26)24-13-15-5-3-7-18(9-15)25-22(27)16-6-4-8-23-14-16/h3-12,14H,13H2,1-2H3,(H,24,26)(H,25,27). The van der Waals surface area contributed by atoms with Gasteiger partial charge in [-0.1, -0.05) is 12.1 Å². The molecule has 3 aromatic rings. The Morgan fingerprint density at radius 1 is 0.897 bits per heavy atom. The highest BCUT2D eigenvalue weighted by Gasteiger charge is 2.10. The van der Waals surface area contributed by atoms with Crippen LogP contribution in [0.1, 0.15) is 26.3 Å². The lowest BCUT2D eigenvalue weighted by molar-refractivity contribution is 0.0949. The first-order chi connectivity index (χ1) is 14.1. The van der Waals surface area contributed by atoms with Crippen molar-refractivity contribution in [2.24, 2.45) is 0 Å². The Morgan fingerprint density at radius 3 is 2.31 bits per heavy atom. The van der Waals surface area contributed by atoms with Crippen molar-refractivity contribution in [3.05, 3.63) is 83.7 Å². The number of amides is 2. The molecule has 0 atom stereocenters. The number of anilines is 1. The number of benzene rings is 2. The fourth-order valence-corrected chi connectivity index (χ4v) is 2.68. The van der Waals surface area contributed by atoms with Gasteiger partial charge in [0.25, 0.3) is 11.8 Å². The minimum Gasteiger partial charge on any atom is -0.497 e. The number of rotatable bonds is 7. The van der Waals surface area contributed by atoms with Crippen LogP contribution in [0.3, 0.4) is 0 Å². The van der Waals surface area contributed by atoms with Crippen LogP contribution >= 0.6 is 0 Å². The summed E-state index contributed by atoms with van der Waals surface area (Å²) in [6, 6.07) is 15.6. The Morgan fingerprint density at radius 2 is 1.66 bits per heavy atom. The number of carbonyl (C=O) groups is 2. The molecule has 29 heavy (non-hydrogen) atoms. The number of hydrogen-bond acceptors (Lipinski definition) is 5. The lowest BCUT2D eigenvalue weighted by atomic mass is 10.1. The summed E-state index contributed by atoms with van der Waals surface area (Å²) >= 11 is 0. The predicted molar refractivity (Wildman–Crippen MR) is 109 cm³/mol. The number of ether oxygens (including phenoxy) is 2. The first-order valence-electron chi connectivity index (χ1n) is 8.90. The first-order valence-corrected chi connectivity index (χ1v) is 8.90. The Kier molecular flexibility index (Phi) is 6.42. The molecular formula is C22H21N3O4. The summed E-state index contributed by atoms with van der Waals surface area (Å²) in [6.07, 6.45) is 3.11. The molecule has 0 bridgehead atoms. The summed E-state index contributed by atoms with van der Waals surface area (Å²) < 4.78 is 10.4. The molecule has 0 radical (unpaired) electrons. The third-order valence-corrected chi connectivity index (χ3v) is 4.18. The van der Waals surface area contributed by atoms with E-state index in [1.54, 1.807) is 48.7 Å². The number of hydrogen-bond donors (Lipinski definition) is 2. The van der Waals surface area contributed by atoms with Crippen molar-refractivity contribution in [3.8, 4) is 11.5 Å². The third-order valence-electron chi connectivity index (χ3n) is 4.18. The predicted octanol–water partition coefficient (Wildman–Crippen LogP) is 3.28. The lowest BCUT2D eigenvalue weighted by Crippen LogP contribution is -2.23. The second kappa shape index (κ2) is 9.36. The molecule has 1 aromatic heterocycles. The lowest BCUT2D eigenvalue weighted by Gasteiger charge is -2.10. The van der Waals surface area contributed by atoms with Gasteiger partial charge in [0.1, 0.15) is 11.5 Å². The Labute approximate surface area is 168 Å². The molecule has 2 aromatic carbocycles. The number of aromatic nitrogens is 1. The zero-order valence-corrected chi connectivity index (χ0v) is 16.1. The smallest absolute Gasteiger partial charge is 0.257 e. The molecule has 2 N–H and O–H groups in total. The van der Waals surface area contributed by atoms with Crippen LogP contribution in [0.15, 0.2) is 67.0 Å². The molecule has 7 heteroatoms. The van der Waals surface area contributed by atoms with E-state index < -0.39 is 0 Å². The van der Waals surface area contributed by atoms with Crippen LogP contribution in [0.5, 0.6) is 11.5 Å². The third kappa shape index (κ3) is 5.32. The zero-order chi connectivity index (χ0) is 20.6. The number of nitrogens with zero attached hydrogens (tertiary/aromatic N) is 1. The van der Waals surface area contributed by atoms with Crippen LogP contribution in [0.25, 0.3) is 0 Å². The van der Waals surface area contributed by atoms with Crippen molar-refractivity contribution in [1.82, 2.24) is 10.3 Å². The van der Waals surface area contributed by atoms with Gasteiger partial charge < -0.3 is 20.1 Å². The molecule has 0 saturated carbocycles. The minimum atomic E-state index is -0.257. The van der Waals surface area contributed by atoms with E-state index in [1.807, 2.05) is 12.1 Å². The number of nitrogens with one attached hydrogen (secondary N) is 2. The van der Waals surface area contributed by atoms with Gasteiger partial charge in [-0.25, -0.2) is 0 Å². The van der Waals surface area contributed by atoms with E-state index in [4.69, 9.17) is 9.47 Å². The van der Waals surface area contributed by atoms with Gasteiger partial charge in [-0.15, -0.1) is 0 Å². The van der Waals surface area contributed by atoms with Crippen LogP contribution in [0.4, 0.5) is 5.69 Å². The minimum absolute atomic E-state index is 0.247. The van der Waals surface area contributed by atoms with Crippen molar-refractivity contribution in [2.45, 2.75) is 6.54 Å². The molecule has 0 fully saturated rings. The van der Waals surface area contributed by atoms with Crippen LogP contribution in [-0.2, 0) is 6.54 Å². The molecule has 0 spiro atoms. The topological polar surface area (TPSA) is 89.5 Å². The van der Waals surface area contributed by atoms with Gasteiger partial charge in [0.2, 0.25) is 0 Å². The molecule has 148 valence electrons. The van der Waals surface area contributed by atoms with Gasteiger partial charge in [-0.2, -0.15) is 0 Å². The molecule has 0 aliphatic heterocycles. The van der Waals surface area contributed by atoms with E-state index in [1.165, 1.54) is 20.4 Å². The molecule has 7 nitrogen and oxygen atoms in total. The molecule has 0 aliphatic carbocycles. The molecule has 3 rings (SSSR count). The largest absolute Gasteiger partial charge is 0.497 e. The zero-order valence-electron chi connectivity index (χ0n) is 16.1. The summed E-state index contributed by atoms with van der Waals surface area (Å²) in [5.74, 6) is 0.569. The average molecular weight is 391 g/mol. The Hall–Kier alpha value is -3.87. The van der Waals surface area contributed by atoms with Crippen LogP contribution < -0.4 is 20.1 Å². The highest BCUT2D eigenvalue weighted by molar-refractivity contribution is 6.04. The SMILES string of the molecule is COc1cc(OC)cc(C(=O)NCc2cccc(NC(=O)c3cccnc3)c2)c1. The van der Waals surface area contributed by atoms with E-state index in [0.717, 1.165) is 5.56 Å². The van der Waals surface area contributed by atoms with Gasteiger partial charge in [0, 0.05) is 36.3 Å². The molecule has 0 saturated heterocycles. The van der Waals surface area contributed by atoms with E-state index in [-0.39, 0.29) is 11.8 Å². The summed E-state index contributed by atoms with van der Waals surface area (Å²) in [5, 5.41) is 5.68. The van der Waals surface area contributed by atoms with Crippen LogP contribution in [0.2, 0.25) is 0 Å². The molecule has 1 heterocycles. The fraction of sp³-hybridized carbons (Fsp3) is 0.136. The maximum absolute atomic E-state index is 12.5. The van der Waals surface area contributed by atoms with Gasteiger partial charge >= 0.3 is 0 Å². The molecule has 0 aliphatic rings. The van der Waals surface area contributed by atoms with Crippen molar-refractivity contribution in [1.29, 1.82) is 0 Å². The van der Waals surface area contributed by atoms with E-state index in [2.05, 4.69) is 15.6 Å². The van der Waals surface area contributed by atoms with Gasteiger partial charge in [0.15, 0.2) is 0 Å². The average Bonchev–Trinajstić information content (AvgIpc) is 2.77. The van der Waals surface area contributed by atoms with E-state index >= 15 is 0 Å². The van der Waals surface area contributed by atoms with Gasteiger partial charge in [-0.3, -0.25) is 14.6 Å². The van der Waals surface area contributed by atoms with Crippen molar-refractivity contribution >= 4 is 17.5 Å². The van der Waals surface area contributed by atoms with Crippen molar-refractivity contribution < 1.29 is 19.1 Å². The fourth-order valence-electron chi connectivity index (χ4n) is 2.68. The Bertz CT molecular complexity index is 984. The monoisotopic (exact) mass is 391 g/mol. The quantitative estimate of drug-likeness (QED) is 0.645. The highest BCUT2D eigenvalue weighted by atomic mass is 16.5. The molecule has 2 amide bonds. The van der Waals surface area contributed by atoms with Crippen LogP contribution in [-0.4, -0.2) is 31.0 Å². The van der Waals surface area contributed by atoms with Gasteiger partial charge in [0.05, 0.1) is 19.8 Å². The van der Waals surface area contributed by atoms with Gasteiger partial charge in [-0.05, 0) is 42.0 Å². The summed E-state index contributed by atoms with van der Waals surface area (Å²) in [4.78, 5) is 28.7. The second-order valence-corrected chi connectivity index (χ2v) is 6.18. The summed E-state index contributed by atoms with van der Waals surface area (Å²) in [7, 11) is 3.06. The first kappa shape index (κ1) is 19.9. The maximum Gasteiger partial charge on any atom is 0.257 e. The number of pyridine rings is 1. The van der Waals surface area contributed by atoms with Crippen molar-refractivity contribution in [3.63, 3.8) is 0 Å². The van der Waals surface area contributed by atoms with E-state index in [9.17, 15) is 9.59 Å². The Balaban J connectivity index is 1.65. The summed E-state index contributed by atoms with van der Waals surface area (Å²) in [5.41, 5.74) is 2.38. The normalized spacial score (nSPS) is 10.1. The summed E-state index contributed by atoms with van der Waals surface area (Å²) in [6.45, 7) is 0.301. The second-order valence-electron chi connectivity index (χ2n) is 6.18. The highest BCUT2D eigenvalue weighted by Crippen LogP contribution is 2.22. The molecule has 0 unspecified atom stereocenters. The van der Waals surface area contributed by atoms with Crippen molar-refractivity contribution in [2.75, 3.05) is 19.5 Å². The number of carbonyl (C=O) groups excluding carboxylic acids is 2. The van der Waals surface area contributed by atoms with E-state index in [0.29, 0.717) is 34.9 Å². The van der Waals surface area contributed by atoms with Crippen LogP contribution in [0, 0.1) is 0 Å². The number of methoxy groups -OCH3 is 2. The maximum atomic E-state index is 12.5. The molecular weight excluding hydrogens is 370 g/mol.